The number of ether oxygens (including phenoxy) is 3. The number of nitrogens with zero attached hydrogens (tertiary/aromatic N) is 1. The molecule has 124 valence electrons. The van der Waals surface area contributed by atoms with Gasteiger partial charge < -0.3 is 14.2 Å². The minimum absolute atomic E-state index is 0.137. The van der Waals surface area contributed by atoms with Gasteiger partial charge in [0.15, 0.2) is 0 Å². The molecule has 1 aromatic carbocycles. The summed E-state index contributed by atoms with van der Waals surface area (Å²) in [6, 6.07) is 4.71. The normalized spacial score (nSPS) is 22.3. The third-order valence-corrected chi connectivity index (χ3v) is 5.87. The average molecular weight is 329 g/mol. The quantitative estimate of drug-likeness (QED) is 0.844. The fourth-order valence-electron chi connectivity index (χ4n) is 2.48. The second-order valence-corrected chi connectivity index (χ2v) is 7.82. The second kappa shape index (κ2) is 6.06. The van der Waals surface area contributed by atoms with E-state index in [0.29, 0.717) is 18.9 Å². The van der Waals surface area contributed by atoms with Gasteiger partial charge in [0.25, 0.3) is 0 Å². The molecule has 0 aromatic heterocycles. The third kappa shape index (κ3) is 3.06. The monoisotopic (exact) mass is 329 g/mol. The number of hydrogen-bond acceptors (Lipinski definition) is 5. The summed E-state index contributed by atoms with van der Waals surface area (Å²) in [5.41, 5.74) is -0.615. The Kier molecular flexibility index (Phi) is 4.70. The molecule has 6 nitrogen and oxygen atoms in total. The van der Waals surface area contributed by atoms with Crippen LogP contribution in [0.15, 0.2) is 23.1 Å². The zero-order valence-electron chi connectivity index (χ0n) is 13.6. The molecule has 22 heavy (non-hydrogen) atoms. The van der Waals surface area contributed by atoms with Crippen molar-refractivity contribution in [3.8, 4) is 11.5 Å². The van der Waals surface area contributed by atoms with E-state index in [1.807, 2.05) is 20.8 Å². The summed E-state index contributed by atoms with van der Waals surface area (Å²) in [4.78, 5) is 0.137. The number of benzene rings is 1. The molecule has 1 aliphatic rings. The van der Waals surface area contributed by atoms with Gasteiger partial charge in [-0.2, -0.15) is 4.31 Å². The molecule has 0 amide bonds. The summed E-state index contributed by atoms with van der Waals surface area (Å²) in [5.74, 6) is 0.819. The van der Waals surface area contributed by atoms with Crippen molar-refractivity contribution >= 4 is 10.0 Å². The molecular weight excluding hydrogens is 306 g/mol. The molecular formula is C15H23NO5S. The van der Waals surface area contributed by atoms with Gasteiger partial charge in [0.2, 0.25) is 10.0 Å². The molecule has 7 heteroatoms. The number of morpholine rings is 1. The molecule has 0 N–H and O–H groups in total. The van der Waals surface area contributed by atoms with Crippen LogP contribution in [0.25, 0.3) is 0 Å². The van der Waals surface area contributed by atoms with E-state index in [-0.39, 0.29) is 16.7 Å². The first kappa shape index (κ1) is 17.1. The molecule has 1 atom stereocenters. The van der Waals surface area contributed by atoms with Crippen molar-refractivity contribution in [1.29, 1.82) is 0 Å². The summed E-state index contributed by atoms with van der Waals surface area (Å²) in [6.45, 7) is 6.23. The standard InChI is InChI=1S/C15H23NO5S/c1-11-9-16(15(2,3)10-21-11)22(17,18)14-7-6-12(19-4)8-13(14)20-5/h6-8,11H,9-10H2,1-5H3/t11-/m1/s1. The highest BCUT2D eigenvalue weighted by Gasteiger charge is 2.42. The Bertz CT molecular complexity index is 641. The zero-order valence-corrected chi connectivity index (χ0v) is 14.4. The molecule has 0 bridgehead atoms. The highest BCUT2D eigenvalue weighted by molar-refractivity contribution is 7.89. The van der Waals surface area contributed by atoms with Crippen LogP contribution in [-0.4, -0.2) is 51.7 Å². The largest absolute Gasteiger partial charge is 0.497 e. The van der Waals surface area contributed by atoms with Gasteiger partial charge in [0.1, 0.15) is 16.4 Å². The van der Waals surface area contributed by atoms with E-state index in [1.54, 1.807) is 12.1 Å². The van der Waals surface area contributed by atoms with E-state index in [1.165, 1.54) is 24.6 Å². The summed E-state index contributed by atoms with van der Waals surface area (Å²) in [6.07, 6.45) is -0.146. The molecule has 1 heterocycles. The molecule has 0 radical (unpaired) electrons. The molecule has 2 rings (SSSR count). The lowest BCUT2D eigenvalue weighted by atomic mass is 10.1. The lowest BCUT2D eigenvalue weighted by Gasteiger charge is -2.43. The van der Waals surface area contributed by atoms with Gasteiger partial charge in [0.05, 0.1) is 32.5 Å². The van der Waals surface area contributed by atoms with Crippen LogP contribution < -0.4 is 9.47 Å². The van der Waals surface area contributed by atoms with Gasteiger partial charge in [-0.3, -0.25) is 0 Å². The smallest absolute Gasteiger partial charge is 0.247 e. The predicted octanol–water partition coefficient (Wildman–Crippen LogP) is 1.89. The van der Waals surface area contributed by atoms with E-state index < -0.39 is 15.6 Å². The number of hydrogen-bond donors (Lipinski definition) is 0. The topological polar surface area (TPSA) is 65.1 Å². The SMILES string of the molecule is COc1ccc(S(=O)(=O)N2C[C@@H](C)OCC2(C)C)c(OC)c1. The predicted molar refractivity (Wildman–Crippen MR) is 82.9 cm³/mol. The molecule has 1 fully saturated rings. The lowest BCUT2D eigenvalue weighted by Crippen LogP contribution is -2.57. The first-order valence-corrected chi connectivity index (χ1v) is 8.53. The number of rotatable bonds is 4. The molecule has 1 aliphatic heterocycles. The van der Waals surface area contributed by atoms with Crippen molar-refractivity contribution in [3.63, 3.8) is 0 Å². The Hall–Kier alpha value is -1.31. The van der Waals surface area contributed by atoms with Gasteiger partial charge in [0, 0.05) is 12.6 Å². The highest BCUT2D eigenvalue weighted by atomic mass is 32.2. The van der Waals surface area contributed by atoms with Crippen LogP contribution in [0.4, 0.5) is 0 Å². The van der Waals surface area contributed by atoms with Gasteiger partial charge >= 0.3 is 0 Å². The Morgan fingerprint density at radius 2 is 1.95 bits per heavy atom. The second-order valence-electron chi connectivity index (χ2n) is 5.99. The van der Waals surface area contributed by atoms with Crippen LogP contribution in [0, 0.1) is 0 Å². The molecule has 0 aliphatic carbocycles. The van der Waals surface area contributed by atoms with Crippen LogP contribution in [0.3, 0.4) is 0 Å². The maximum atomic E-state index is 13.1. The molecule has 0 unspecified atom stereocenters. The zero-order chi connectivity index (χ0) is 16.5. The van der Waals surface area contributed by atoms with E-state index >= 15 is 0 Å². The number of methoxy groups -OCH3 is 2. The van der Waals surface area contributed by atoms with Crippen LogP contribution in [0.1, 0.15) is 20.8 Å². The Morgan fingerprint density at radius 3 is 2.55 bits per heavy atom. The van der Waals surface area contributed by atoms with Crippen molar-refractivity contribution in [2.24, 2.45) is 0 Å². The minimum atomic E-state index is -3.70. The van der Waals surface area contributed by atoms with Crippen molar-refractivity contribution in [1.82, 2.24) is 4.31 Å². The van der Waals surface area contributed by atoms with Crippen molar-refractivity contribution < 1.29 is 22.6 Å². The van der Waals surface area contributed by atoms with E-state index in [2.05, 4.69) is 0 Å². The van der Waals surface area contributed by atoms with E-state index in [4.69, 9.17) is 14.2 Å². The molecule has 0 saturated carbocycles. The van der Waals surface area contributed by atoms with Crippen molar-refractivity contribution in [2.45, 2.75) is 37.3 Å². The van der Waals surface area contributed by atoms with E-state index in [9.17, 15) is 8.42 Å². The fourth-order valence-corrected chi connectivity index (χ4v) is 4.47. The molecule has 1 aromatic rings. The third-order valence-electron chi connectivity index (χ3n) is 3.76. The summed E-state index contributed by atoms with van der Waals surface area (Å²) >= 11 is 0. The number of sulfonamides is 1. The lowest BCUT2D eigenvalue weighted by molar-refractivity contribution is -0.0551. The van der Waals surface area contributed by atoms with Crippen LogP contribution in [0.2, 0.25) is 0 Å². The summed E-state index contributed by atoms with van der Waals surface area (Å²) < 4.78 is 43.6. The van der Waals surface area contributed by atoms with Gasteiger partial charge in [-0.15, -0.1) is 0 Å². The summed E-state index contributed by atoms with van der Waals surface area (Å²) in [7, 11) is -0.729. The Balaban J connectivity index is 2.49. The van der Waals surface area contributed by atoms with Gasteiger partial charge in [-0.25, -0.2) is 8.42 Å². The van der Waals surface area contributed by atoms with E-state index in [0.717, 1.165) is 0 Å². The van der Waals surface area contributed by atoms with Crippen molar-refractivity contribution in [2.75, 3.05) is 27.4 Å². The molecule has 1 saturated heterocycles. The van der Waals surface area contributed by atoms with Crippen molar-refractivity contribution in [3.05, 3.63) is 18.2 Å². The van der Waals surface area contributed by atoms with Gasteiger partial charge in [-0.05, 0) is 32.9 Å². The van der Waals surface area contributed by atoms with Crippen LogP contribution in [0.5, 0.6) is 11.5 Å². The maximum Gasteiger partial charge on any atom is 0.247 e. The first-order valence-electron chi connectivity index (χ1n) is 7.09. The van der Waals surface area contributed by atoms with Crippen LogP contribution >= 0.6 is 0 Å². The maximum absolute atomic E-state index is 13.1. The fraction of sp³-hybridized carbons (Fsp3) is 0.600. The summed E-state index contributed by atoms with van der Waals surface area (Å²) in [5, 5.41) is 0. The van der Waals surface area contributed by atoms with Gasteiger partial charge in [-0.1, -0.05) is 0 Å². The Labute approximate surface area is 132 Å². The Morgan fingerprint density at radius 1 is 1.27 bits per heavy atom. The highest BCUT2D eigenvalue weighted by Crippen LogP contribution is 2.35. The minimum Gasteiger partial charge on any atom is -0.497 e. The van der Waals surface area contributed by atoms with Crippen LogP contribution in [-0.2, 0) is 14.8 Å². The average Bonchev–Trinajstić information content (AvgIpc) is 2.48. The first-order chi connectivity index (χ1) is 10.2. The molecule has 0 spiro atoms.